The molecule has 1 aromatic rings. The predicted molar refractivity (Wildman–Crippen MR) is 66.7 cm³/mol. The Morgan fingerprint density at radius 3 is 3.24 bits per heavy atom. The van der Waals surface area contributed by atoms with Crippen LogP contribution in [0.15, 0.2) is 18.2 Å². The summed E-state index contributed by atoms with van der Waals surface area (Å²) in [5.74, 6) is 1.04. The first-order valence-corrected chi connectivity index (χ1v) is 6.22. The Kier molecular flexibility index (Phi) is 3.16. The van der Waals surface area contributed by atoms with E-state index >= 15 is 0 Å². The van der Waals surface area contributed by atoms with E-state index in [1.54, 1.807) is 0 Å². The van der Waals surface area contributed by atoms with Gasteiger partial charge in [-0.15, -0.1) is 0 Å². The number of anilines is 1. The molecule has 2 aliphatic rings. The molecule has 1 unspecified atom stereocenters. The van der Waals surface area contributed by atoms with Gasteiger partial charge >= 0.3 is 0 Å². The van der Waals surface area contributed by atoms with Gasteiger partial charge in [-0.3, -0.25) is 0 Å². The molecule has 2 N–H and O–H groups in total. The Balaban J connectivity index is 1.57. The standard InChI is InChI=1S/C13H18N2O2/c1-2-13-10(3-5-17-13)7-11(1)15-8-12-9-16-6-4-14-12/h1-2,7,12,14-15H,3-6,8-9H2. The number of morpholine rings is 1. The minimum absolute atomic E-state index is 0.410. The van der Waals surface area contributed by atoms with Gasteiger partial charge in [-0.2, -0.15) is 0 Å². The summed E-state index contributed by atoms with van der Waals surface area (Å²) in [6.45, 7) is 4.29. The van der Waals surface area contributed by atoms with Crippen molar-refractivity contribution in [1.29, 1.82) is 0 Å². The van der Waals surface area contributed by atoms with Gasteiger partial charge in [-0.1, -0.05) is 0 Å². The first-order valence-electron chi connectivity index (χ1n) is 6.22. The molecule has 1 fully saturated rings. The molecule has 0 aliphatic carbocycles. The summed E-state index contributed by atoms with van der Waals surface area (Å²) in [6, 6.07) is 6.73. The van der Waals surface area contributed by atoms with Gasteiger partial charge in [0.1, 0.15) is 5.75 Å². The molecule has 1 saturated heterocycles. The van der Waals surface area contributed by atoms with Crippen LogP contribution >= 0.6 is 0 Å². The van der Waals surface area contributed by atoms with Gasteiger partial charge < -0.3 is 20.1 Å². The summed E-state index contributed by atoms with van der Waals surface area (Å²) in [6.07, 6.45) is 1.02. The lowest BCUT2D eigenvalue weighted by Gasteiger charge is -2.24. The summed E-state index contributed by atoms with van der Waals surface area (Å²) in [5, 5.41) is 6.88. The number of hydrogen-bond donors (Lipinski definition) is 2. The lowest BCUT2D eigenvalue weighted by atomic mass is 10.1. The molecule has 4 nitrogen and oxygen atoms in total. The second-order valence-electron chi connectivity index (χ2n) is 4.53. The van der Waals surface area contributed by atoms with E-state index in [1.165, 1.54) is 11.3 Å². The summed E-state index contributed by atoms with van der Waals surface area (Å²) in [7, 11) is 0. The average Bonchev–Trinajstić information content (AvgIpc) is 2.85. The number of rotatable bonds is 3. The number of fused-ring (bicyclic) bond motifs is 1. The van der Waals surface area contributed by atoms with Crippen molar-refractivity contribution in [2.75, 3.05) is 38.2 Å². The molecule has 0 aromatic heterocycles. The van der Waals surface area contributed by atoms with Crippen molar-refractivity contribution in [3.63, 3.8) is 0 Å². The van der Waals surface area contributed by atoms with Crippen LogP contribution in [-0.4, -0.2) is 39.0 Å². The zero-order valence-electron chi connectivity index (χ0n) is 9.87. The van der Waals surface area contributed by atoms with E-state index in [1.807, 2.05) is 0 Å². The molecule has 0 bridgehead atoms. The van der Waals surface area contributed by atoms with Crippen LogP contribution < -0.4 is 15.4 Å². The molecule has 17 heavy (non-hydrogen) atoms. The van der Waals surface area contributed by atoms with Crippen molar-refractivity contribution >= 4 is 5.69 Å². The van der Waals surface area contributed by atoms with Gasteiger partial charge in [0, 0.05) is 31.2 Å². The zero-order chi connectivity index (χ0) is 11.5. The van der Waals surface area contributed by atoms with Crippen LogP contribution in [-0.2, 0) is 11.2 Å². The second-order valence-corrected chi connectivity index (χ2v) is 4.53. The predicted octanol–water partition coefficient (Wildman–Crippen LogP) is 1.02. The molecular weight excluding hydrogens is 216 g/mol. The second kappa shape index (κ2) is 4.94. The molecule has 4 heteroatoms. The highest BCUT2D eigenvalue weighted by molar-refractivity contribution is 5.52. The van der Waals surface area contributed by atoms with Crippen LogP contribution in [0.4, 0.5) is 5.69 Å². The third-order valence-electron chi connectivity index (χ3n) is 3.24. The molecule has 0 radical (unpaired) electrons. The van der Waals surface area contributed by atoms with Crippen molar-refractivity contribution in [2.24, 2.45) is 0 Å². The van der Waals surface area contributed by atoms with E-state index in [9.17, 15) is 0 Å². The molecule has 3 rings (SSSR count). The molecule has 0 amide bonds. The van der Waals surface area contributed by atoms with Crippen molar-refractivity contribution in [1.82, 2.24) is 5.32 Å². The minimum atomic E-state index is 0.410. The van der Waals surface area contributed by atoms with E-state index in [2.05, 4.69) is 28.8 Å². The smallest absolute Gasteiger partial charge is 0.122 e. The lowest BCUT2D eigenvalue weighted by Crippen LogP contribution is -2.45. The van der Waals surface area contributed by atoms with Gasteiger partial charge in [0.25, 0.3) is 0 Å². The molecule has 1 atom stereocenters. The monoisotopic (exact) mass is 234 g/mol. The molecule has 0 spiro atoms. The molecular formula is C13H18N2O2. The van der Waals surface area contributed by atoms with Crippen molar-refractivity contribution in [3.05, 3.63) is 23.8 Å². The van der Waals surface area contributed by atoms with Crippen molar-refractivity contribution < 1.29 is 9.47 Å². The first-order chi connectivity index (χ1) is 8.42. The van der Waals surface area contributed by atoms with E-state index in [4.69, 9.17) is 9.47 Å². The van der Waals surface area contributed by atoms with E-state index in [-0.39, 0.29) is 0 Å². The van der Waals surface area contributed by atoms with E-state index < -0.39 is 0 Å². The van der Waals surface area contributed by atoms with Gasteiger partial charge in [-0.05, 0) is 23.8 Å². The van der Waals surface area contributed by atoms with Gasteiger partial charge in [0.2, 0.25) is 0 Å². The van der Waals surface area contributed by atoms with Crippen LogP contribution in [0, 0.1) is 0 Å². The third kappa shape index (κ3) is 2.53. The van der Waals surface area contributed by atoms with Crippen LogP contribution in [0.25, 0.3) is 0 Å². The Labute approximate surface area is 101 Å². The van der Waals surface area contributed by atoms with E-state index in [0.29, 0.717) is 6.04 Å². The van der Waals surface area contributed by atoms with Crippen molar-refractivity contribution in [3.8, 4) is 5.75 Å². The fraction of sp³-hybridized carbons (Fsp3) is 0.538. The largest absolute Gasteiger partial charge is 0.493 e. The fourth-order valence-corrected chi connectivity index (χ4v) is 2.29. The van der Waals surface area contributed by atoms with Gasteiger partial charge in [-0.25, -0.2) is 0 Å². The zero-order valence-corrected chi connectivity index (χ0v) is 9.87. The number of hydrogen-bond acceptors (Lipinski definition) is 4. The molecule has 2 heterocycles. The quantitative estimate of drug-likeness (QED) is 0.819. The summed E-state index contributed by atoms with van der Waals surface area (Å²) < 4.78 is 10.9. The Morgan fingerprint density at radius 2 is 2.35 bits per heavy atom. The van der Waals surface area contributed by atoms with Crippen LogP contribution in [0.2, 0.25) is 0 Å². The van der Waals surface area contributed by atoms with Crippen LogP contribution in [0.1, 0.15) is 5.56 Å². The van der Waals surface area contributed by atoms with Crippen molar-refractivity contribution in [2.45, 2.75) is 12.5 Å². The third-order valence-corrected chi connectivity index (χ3v) is 3.24. The highest BCUT2D eigenvalue weighted by Crippen LogP contribution is 2.27. The maximum Gasteiger partial charge on any atom is 0.122 e. The highest BCUT2D eigenvalue weighted by Gasteiger charge is 2.14. The summed E-state index contributed by atoms with van der Waals surface area (Å²) >= 11 is 0. The van der Waals surface area contributed by atoms with Gasteiger partial charge in [0.05, 0.1) is 19.8 Å². The van der Waals surface area contributed by atoms with Crippen LogP contribution in [0.3, 0.4) is 0 Å². The topological polar surface area (TPSA) is 42.5 Å². The van der Waals surface area contributed by atoms with Gasteiger partial charge in [0.15, 0.2) is 0 Å². The number of nitrogens with one attached hydrogen (secondary N) is 2. The summed E-state index contributed by atoms with van der Waals surface area (Å²) in [5.41, 5.74) is 2.48. The SMILES string of the molecule is c1cc2c(cc1NCC1COCCN1)CCO2. The van der Waals surface area contributed by atoms with Crippen LogP contribution in [0.5, 0.6) is 5.75 Å². The maximum atomic E-state index is 5.49. The number of ether oxygens (including phenoxy) is 2. The fourth-order valence-electron chi connectivity index (χ4n) is 2.29. The average molecular weight is 234 g/mol. The first kappa shape index (κ1) is 10.9. The molecule has 1 aromatic carbocycles. The highest BCUT2D eigenvalue weighted by atomic mass is 16.5. The summed E-state index contributed by atoms with van der Waals surface area (Å²) in [4.78, 5) is 0. The number of benzene rings is 1. The molecule has 2 aliphatic heterocycles. The molecule has 92 valence electrons. The Hall–Kier alpha value is -1.26. The lowest BCUT2D eigenvalue weighted by molar-refractivity contribution is 0.0806. The van der Waals surface area contributed by atoms with E-state index in [0.717, 1.165) is 45.1 Å². The minimum Gasteiger partial charge on any atom is -0.493 e. The molecule has 0 saturated carbocycles. The normalized spacial score (nSPS) is 22.9. The Bertz CT molecular complexity index is 389. The maximum absolute atomic E-state index is 5.49. The Morgan fingerprint density at radius 1 is 1.35 bits per heavy atom.